The van der Waals surface area contributed by atoms with Crippen LogP contribution in [0.15, 0.2) is 18.3 Å². The van der Waals surface area contributed by atoms with Crippen molar-refractivity contribution in [2.45, 2.75) is 70.6 Å². The van der Waals surface area contributed by atoms with Crippen LogP contribution in [0.5, 0.6) is 0 Å². The highest BCUT2D eigenvalue weighted by Gasteiger charge is 2.37. The van der Waals surface area contributed by atoms with Gasteiger partial charge in [-0.2, -0.15) is 0 Å². The fourth-order valence-corrected chi connectivity index (χ4v) is 3.25. The molecule has 0 aromatic carbocycles. The number of hydrogen-bond acceptors (Lipinski definition) is 4. The molecule has 2 amide bonds. The maximum Gasteiger partial charge on any atom is 0.416 e. The lowest BCUT2D eigenvalue weighted by atomic mass is 9.97. The first-order valence-electron chi connectivity index (χ1n) is 9.08. The maximum atomic E-state index is 12.5. The topological polar surface area (TPSA) is 62.7 Å². The van der Waals surface area contributed by atoms with Gasteiger partial charge in [0.05, 0.1) is 6.04 Å². The molecule has 1 saturated carbocycles. The van der Waals surface area contributed by atoms with Crippen LogP contribution >= 0.6 is 0 Å². The third-order valence-corrected chi connectivity index (χ3v) is 4.58. The van der Waals surface area contributed by atoms with E-state index in [-0.39, 0.29) is 18.2 Å². The fourth-order valence-electron chi connectivity index (χ4n) is 3.25. The number of carbonyl (C=O) groups excluding carboxylic acids is 2. The number of rotatable bonds is 4. The van der Waals surface area contributed by atoms with Crippen molar-refractivity contribution in [2.75, 3.05) is 11.4 Å². The molecular weight excluding hydrogens is 318 g/mol. The van der Waals surface area contributed by atoms with Crippen LogP contribution in [0.3, 0.4) is 0 Å². The average molecular weight is 345 g/mol. The van der Waals surface area contributed by atoms with Gasteiger partial charge in [-0.1, -0.05) is 6.07 Å². The first kappa shape index (κ1) is 17.7. The van der Waals surface area contributed by atoms with Gasteiger partial charge in [0.1, 0.15) is 11.4 Å². The van der Waals surface area contributed by atoms with Gasteiger partial charge in [-0.25, -0.2) is 9.78 Å². The number of pyridine rings is 1. The molecule has 6 nitrogen and oxygen atoms in total. The second-order valence-electron chi connectivity index (χ2n) is 7.89. The Labute approximate surface area is 149 Å². The summed E-state index contributed by atoms with van der Waals surface area (Å²) in [6, 6.07) is 4.11. The second-order valence-corrected chi connectivity index (χ2v) is 7.89. The molecule has 136 valence electrons. The largest absolute Gasteiger partial charge is 0.443 e. The summed E-state index contributed by atoms with van der Waals surface area (Å²) in [4.78, 5) is 31.8. The molecule has 0 radical (unpaired) electrons. The highest BCUT2D eigenvalue weighted by Crippen LogP contribution is 2.34. The molecule has 2 aliphatic rings. The molecule has 1 aliphatic heterocycles. The minimum absolute atomic E-state index is 0.0868. The molecule has 1 unspecified atom stereocenters. The van der Waals surface area contributed by atoms with Crippen LogP contribution in [0.2, 0.25) is 0 Å². The van der Waals surface area contributed by atoms with E-state index < -0.39 is 5.60 Å². The summed E-state index contributed by atoms with van der Waals surface area (Å²) in [6.45, 7) is 6.39. The van der Waals surface area contributed by atoms with Crippen molar-refractivity contribution in [1.82, 2.24) is 9.88 Å². The van der Waals surface area contributed by atoms with E-state index in [0.717, 1.165) is 50.6 Å². The van der Waals surface area contributed by atoms with E-state index in [1.54, 1.807) is 11.1 Å². The first-order valence-corrected chi connectivity index (χ1v) is 9.08. The smallest absolute Gasteiger partial charge is 0.416 e. The number of ether oxygens (including phenoxy) is 1. The van der Waals surface area contributed by atoms with Crippen LogP contribution < -0.4 is 4.90 Å². The Morgan fingerprint density at radius 3 is 2.60 bits per heavy atom. The lowest BCUT2D eigenvalue weighted by molar-refractivity contribution is -0.121. The molecule has 0 bridgehead atoms. The summed E-state index contributed by atoms with van der Waals surface area (Å²) in [7, 11) is 0. The van der Waals surface area contributed by atoms with Gasteiger partial charge in [0.15, 0.2) is 0 Å². The SMILES string of the molecule is CC(C)(C)OC(=O)N(c1ccc(C2CCCCN2C=O)cn1)C1CC1. The molecule has 0 N–H and O–H groups in total. The zero-order valence-electron chi connectivity index (χ0n) is 15.3. The molecule has 2 fully saturated rings. The van der Waals surface area contributed by atoms with Crippen molar-refractivity contribution in [3.8, 4) is 0 Å². The van der Waals surface area contributed by atoms with Gasteiger partial charge in [-0.05, 0) is 64.5 Å². The molecule has 1 saturated heterocycles. The van der Waals surface area contributed by atoms with Gasteiger partial charge in [0, 0.05) is 18.8 Å². The van der Waals surface area contributed by atoms with Crippen molar-refractivity contribution in [2.24, 2.45) is 0 Å². The summed E-state index contributed by atoms with van der Waals surface area (Å²) < 4.78 is 5.53. The molecule has 1 aromatic rings. The van der Waals surface area contributed by atoms with E-state index in [4.69, 9.17) is 4.74 Å². The van der Waals surface area contributed by atoms with Crippen molar-refractivity contribution < 1.29 is 14.3 Å². The molecule has 0 spiro atoms. The van der Waals surface area contributed by atoms with Crippen LogP contribution in [0.4, 0.5) is 10.6 Å². The Hall–Kier alpha value is -2.11. The molecular formula is C19H27N3O3. The number of nitrogens with zero attached hydrogens (tertiary/aromatic N) is 3. The van der Waals surface area contributed by atoms with Gasteiger partial charge in [0.25, 0.3) is 0 Å². The normalized spacial score (nSPS) is 20.9. The van der Waals surface area contributed by atoms with E-state index in [9.17, 15) is 9.59 Å². The number of carbonyl (C=O) groups is 2. The monoisotopic (exact) mass is 345 g/mol. The Kier molecular flexibility index (Phi) is 4.97. The summed E-state index contributed by atoms with van der Waals surface area (Å²) in [5, 5.41) is 0. The second kappa shape index (κ2) is 7.02. The highest BCUT2D eigenvalue weighted by atomic mass is 16.6. The number of likely N-dealkylation sites (tertiary alicyclic amines) is 1. The minimum atomic E-state index is -0.531. The Bertz CT molecular complexity index is 620. The van der Waals surface area contributed by atoms with E-state index in [2.05, 4.69) is 4.98 Å². The zero-order valence-corrected chi connectivity index (χ0v) is 15.3. The molecule has 2 heterocycles. The van der Waals surface area contributed by atoms with Crippen LogP contribution in [-0.4, -0.2) is 40.6 Å². The third kappa shape index (κ3) is 4.30. The highest BCUT2D eigenvalue weighted by molar-refractivity contribution is 5.88. The van der Waals surface area contributed by atoms with E-state index in [0.29, 0.717) is 5.82 Å². The average Bonchev–Trinajstić information content (AvgIpc) is 3.39. The molecule has 1 aliphatic carbocycles. The summed E-state index contributed by atoms with van der Waals surface area (Å²) in [5.74, 6) is 0.619. The lowest BCUT2D eigenvalue weighted by Crippen LogP contribution is -2.39. The molecule has 1 aromatic heterocycles. The van der Waals surface area contributed by atoms with E-state index in [1.807, 2.05) is 37.8 Å². The summed E-state index contributed by atoms with van der Waals surface area (Å²) in [5.41, 5.74) is 0.493. The molecule has 1 atom stereocenters. The Morgan fingerprint density at radius 2 is 2.04 bits per heavy atom. The zero-order chi connectivity index (χ0) is 18.0. The van der Waals surface area contributed by atoms with Crippen LogP contribution in [-0.2, 0) is 9.53 Å². The van der Waals surface area contributed by atoms with Crippen molar-refractivity contribution in [3.05, 3.63) is 23.9 Å². The third-order valence-electron chi connectivity index (χ3n) is 4.58. The predicted molar refractivity (Wildman–Crippen MR) is 95.3 cm³/mol. The van der Waals surface area contributed by atoms with E-state index >= 15 is 0 Å². The number of hydrogen-bond donors (Lipinski definition) is 0. The molecule has 6 heteroatoms. The first-order chi connectivity index (χ1) is 11.9. The minimum Gasteiger partial charge on any atom is -0.443 e. The maximum absolute atomic E-state index is 12.5. The van der Waals surface area contributed by atoms with Crippen molar-refractivity contribution in [1.29, 1.82) is 0 Å². The standard InChI is InChI=1S/C19H27N3O3/c1-19(2,3)25-18(24)22(15-8-9-15)17-10-7-14(12-20-17)16-6-4-5-11-21(16)13-23/h7,10,12-13,15-16H,4-6,8-9,11H2,1-3H3. The van der Waals surface area contributed by atoms with Gasteiger partial charge < -0.3 is 9.64 Å². The summed E-state index contributed by atoms with van der Waals surface area (Å²) in [6.07, 6.45) is 7.45. The number of amides is 2. The fraction of sp³-hybridized carbons (Fsp3) is 0.632. The van der Waals surface area contributed by atoms with Gasteiger partial charge in [-0.3, -0.25) is 9.69 Å². The molecule has 25 heavy (non-hydrogen) atoms. The number of anilines is 1. The van der Waals surface area contributed by atoms with Crippen molar-refractivity contribution in [3.63, 3.8) is 0 Å². The quantitative estimate of drug-likeness (QED) is 0.781. The van der Waals surface area contributed by atoms with Gasteiger partial charge in [0.2, 0.25) is 6.41 Å². The van der Waals surface area contributed by atoms with Crippen LogP contribution in [0, 0.1) is 0 Å². The van der Waals surface area contributed by atoms with Crippen LogP contribution in [0.25, 0.3) is 0 Å². The van der Waals surface area contributed by atoms with Gasteiger partial charge >= 0.3 is 6.09 Å². The van der Waals surface area contributed by atoms with E-state index in [1.165, 1.54) is 0 Å². The number of piperidine rings is 1. The Morgan fingerprint density at radius 1 is 1.28 bits per heavy atom. The van der Waals surface area contributed by atoms with Crippen LogP contribution in [0.1, 0.15) is 64.5 Å². The summed E-state index contributed by atoms with van der Waals surface area (Å²) >= 11 is 0. The van der Waals surface area contributed by atoms with Crippen molar-refractivity contribution >= 4 is 18.3 Å². The predicted octanol–water partition coefficient (Wildman–Crippen LogP) is 3.67. The van der Waals surface area contributed by atoms with Gasteiger partial charge in [-0.15, -0.1) is 0 Å². The number of aromatic nitrogens is 1. The molecule has 3 rings (SSSR count). The Balaban J connectivity index is 1.77. The lowest BCUT2D eigenvalue weighted by Gasteiger charge is -2.33.